The summed E-state index contributed by atoms with van der Waals surface area (Å²) in [7, 11) is 1.94. The monoisotopic (exact) mass is 241 g/mol. The lowest BCUT2D eigenvalue weighted by Gasteiger charge is -2.35. The Morgan fingerprint density at radius 3 is 2.76 bits per heavy atom. The summed E-state index contributed by atoms with van der Waals surface area (Å²) < 4.78 is 0. The van der Waals surface area contributed by atoms with Crippen LogP contribution in [-0.4, -0.2) is 65.0 Å². The Labute approximate surface area is 100 Å². The van der Waals surface area contributed by atoms with Gasteiger partial charge in [0.1, 0.15) is 6.04 Å². The molecule has 96 valence electrons. The summed E-state index contributed by atoms with van der Waals surface area (Å²) in [6.45, 7) is 1.35. The molecule has 6 nitrogen and oxygen atoms in total. The molecule has 0 aromatic heterocycles. The van der Waals surface area contributed by atoms with E-state index >= 15 is 0 Å². The fourth-order valence-electron chi connectivity index (χ4n) is 2.81. The third-order valence-electron chi connectivity index (χ3n) is 3.71. The lowest BCUT2D eigenvalue weighted by atomic mass is 10.1. The molecule has 3 N–H and O–H groups in total. The molecule has 0 aromatic carbocycles. The SMILES string of the molecule is CN1CC[C@H]2CC[C@@H](C(=O)O)N2C(=O)[C@@H](N)C1. The summed E-state index contributed by atoms with van der Waals surface area (Å²) in [5.74, 6) is -1.13. The maximum absolute atomic E-state index is 12.2. The van der Waals surface area contributed by atoms with Crippen LogP contribution in [0.1, 0.15) is 19.3 Å². The molecule has 2 aliphatic heterocycles. The van der Waals surface area contributed by atoms with Gasteiger partial charge >= 0.3 is 5.97 Å². The highest BCUT2D eigenvalue weighted by atomic mass is 16.4. The van der Waals surface area contributed by atoms with Crippen molar-refractivity contribution in [1.82, 2.24) is 9.80 Å². The van der Waals surface area contributed by atoms with Crippen molar-refractivity contribution in [3.63, 3.8) is 0 Å². The Morgan fingerprint density at radius 2 is 2.12 bits per heavy atom. The summed E-state index contributed by atoms with van der Waals surface area (Å²) in [5.41, 5.74) is 5.83. The average molecular weight is 241 g/mol. The zero-order chi connectivity index (χ0) is 12.6. The van der Waals surface area contributed by atoms with Gasteiger partial charge in [0.05, 0.1) is 6.04 Å². The number of nitrogens with two attached hydrogens (primary N) is 1. The Bertz CT molecular complexity index is 334. The first-order valence-corrected chi connectivity index (χ1v) is 6.00. The third kappa shape index (κ3) is 2.28. The Balaban J connectivity index is 2.21. The van der Waals surface area contributed by atoms with Gasteiger partial charge in [-0.15, -0.1) is 0 Å². The first kappa shape index (κ1) is 12.3. The molecule has 0 radical (unpaired) electrons. The van der Waals surface area contributed by atoms with Gasteiger partial charge in [-0.05, 0) is 32.9 Å². The van der Waals surface area contributed by atoms with Gasteiger partial charge in [-0.3, -0.25) is 4.79 Å². The predicted molar refractivity (Wildman–Crippen MR) is 61.4 cm³/mol. The molecule has 0 saturated carbocycles. The van der Waals surface area contributed by atoms with E-state index in [1.54, 1.807) is 0 Å². The first-order valence-electron chi connectivity index (χ1n) is 6.00. The predicted octanol–water partition coefficient (Wildman–Crippen LogP) is -0.907. The number of amides is 1. The molecule has 2 rings (SSSR count). The topological polar surface area (TPSA) is 86.9 Å². The van der Waals surface area contributed by atoms with E-state index in [1.807, 2.05) is 11.9 Å². The van der Waals surface area contributed by atoms with E-state index in [0.717, 1.165) is 19.4 Å². The molecule has 3 atom stereocenters. The molecule has 6 heteroatoms. The minimum Gasteiger partial charge on any atom is -0.480 e. The molecule has 2 saturated heterocycles. The Hall–Kier alpha value is -1.14. The minimum atomic E-state index is -0.915. The number of carbonyl (C=O) groups is 2. The maximum Gasteiger partial charge on any atom is 0.326 e. The second kappa shape index (κ2) is 4.62. The molecule has 0 unspecified atom stereocenters. The van der Waals surface area contributed by atoms with Crippen LogP contribution < -0.4 is 5.73 Å². The molecule has 1 amide bonds. The number of fused-ring (bicyclic) bond motifs is 1. The van der Waals surface area contributed by atoms with Crippen molar-refractivity contribution < 1.29 is 14.7 Å². The fourth-order valence-corrected chi connectivity index (χ4v) is 2.81. The van der Waals surface area contributed by atoms with E-state index in [1.165, 1.54) is 4.90 Å². The average Bonchev–Trinajstić information content (AvgIpc) is 2.67. The van der Waals surface area contributed by atoms with Crippen LogP contribution in [0.2, 0.25) is 0 Å². The summed E-state index contributed by atoms with van der Waals surface area (Å²) >= 11 is 0. The third-order valence-corrected chi connectivity index (χ3v) is 3.71. The van der Waals surface area contributed by atoms with E-state index in [4.69, 9.17) is 10.8 Å². The molecule has 0 spiro atoms. The van der Waals surface area contributed by atoms with E-state index in [-0.39, 0.29) is 11.9 Å². The number of carboxylic acid groups (broad SMARTS) is 1. The zero-order valence-corrected chi connectivity index (χ0v) is 10.0. The number of carbonyl (C=O) groups excluding carboxylic acids is 1. The van der Waals surface area contributed by atoms with Crippen LogP contribution in [0.3, 0.4) is 0 Å². The van der Waals surface area contributed by atoms with Gasteiger partial charge in [0.25, 0.3) is 0 Å². The van der Waals surface area contributed by atoms with Crippen molar-refractivity contribution in [2.24, 2.45) is 5.73 Å². The summed E-state index contributed by atoms with van der Waals surface area (Å²) in [5, 5.41) is 9.13. The second-order valence-corrected chi connectivity index (χ2v) is 4.99. The van der Waals surface area contributed by atoms with Crippen molar-refractivity contribution in [2.45, 2.75) is 37.4 Å². The van der Waals surface area contributed by atoms with Crippen molar-refractivity contribution >= 4 is 11.9 Å². The highest BCUT2D eigenvalue weighted by molar-refractivity contribution is 5.88. The van der Waals surface area contributed by atoms with Crippen molar-refractivity contribution in [3.8, 4) is 0 Å². The van der Waals surface area contributed by atoms with Crippen LogP contribution in [0.25, 0.3) is 0 Å². The molecule has 0 aliphatic carbocycles. The molecule has 0 bridgehead atoms. The largest absolute Gasteiger partial charge is 0.480 e. The number of carboxylic acids is 1. The lowest BCUT2D eigenvalue weighted by molar-refractivity contribution is -0.151. The molecular formula is C11H19N3O3. The number of aliphatic carboxylic acids is 1. The number of nitrogens with zero attached hydrogens (tertiary/aromatic N) is 2. The molecule has 2 fully saturated rings. The number of likely N-dealkylation sites (N-methyl/N-ethyl adjacent to an activating group) is 1. The van der Waals surface area contributed by atoms with E-state index in [2.05, 4.69) is 0 Å². The van der Waals surface area contributed by atoms with E-state index < -0.39 is 18.1 Å². The summed E-state index contributed by atoms with van der Waals surface area (Å²) in [4.78, 5) is 26.8. The van der Waals surface area contributed by atoms with Crippen molar-refractivity contribution in [2.75, 3.05) is 20.1 Å². The molecule has 2 heterocycles. The van der Waals surface area contributed by atoms with Crippen LogP contribution >= 0.6 is 0 Å². The zero-order valence-electron chi connectivity index (χ0n) is 10.0. The number of hydrogen-bond donors (Lipinski definition) is 2. The number of rotatable bonds is 1. The highest BCUT2D eigenvalue weighted by Gasteiger charge is 2.43. The van der Waals surface area contributed by atoms with Gasteiger partial charge < -0.3 is 20.6 Å². The normalized spacial score (nSPS) is 35.3. The fraction of sp³-hybridized carbons (Fsp3) is 0.818. The van der Waals surface area contributed by atoms with Gasteiger partial charge in [0.2, 0.25) is 5.91 Å². The van der Waals surface area contributed by atoms with Crippen LogP contribution in [-0.2, 0) is 9.59 Å². The molecular weight excluding hydrogens is 222 g/mol. The smallest absolute Gasteiger partial charge is 0.326 e. The van der Waals surface area contributed by atoms with Crippen molar-refractivity contribution in [1.29, 1.82) is 0 Å². The van der Waals surface area contributed by atoms with Gasteiger partial charge in [-0.1, -0.05) is 0 Å². The second-order valence-electron chi connectivity index (χ2n) is 4.99. The Kier molecular flexibility index (Phi) is 3.35. The van der Waals surface area contributed by atoms with Crippen molar-refractivity contribution in [3.05, 3.63) is 0 Å². The van der Waals surface area contributed by atoms with Crippen LogP contribution in [0, 0.1) is 0 Å². The van der Waals surface area contributed by atoms with E-state index in [9.17, 15) is 9.59 Å². The highest BCUT2D eigenvalue weighted by Crippen LogP contribution is 2.28. The van der Waals surface area contributed by atoms with Crippen LogP contribution in [0.5, 0.6) is 0 Å². The van der Waals surface area contributed by atoms with Gasteiger partial charge in [-0.25, -0.2) is 4.79 Å². The van der Waals surface area contributed by atoms with Gasteiger partial charge in [-0.2, -0.15) is 0 Å². The summed E-state index contributed by atoms with van der Waals surface area (Å²) in [6, 6.07) is -1.25. The standard InChI is InChI=1S/C11H19N3O3/c1-13-5-4-7-2-3-9(11(16)17)14(7)10(15)8(12)6-13/h7-9H,2-6,12H2,1H3,(H,16,17)/t7-,8+,9+/m1/s1. The molecule has 0 aromatic rings. The molecule has 2 aliphatic rings. The van der Waals surface area contributed by atoms with Gasteiger partial charge in [0, 0.05) is 12.6 Å². The first-order chi connectivity index (χ1) is 8.00. The minimum absolute atomic E-state index is 0.0393. The van der Waals surface area contributed by atoms with Gasteiger partial charge in [0.15, 0.2) is 0 Å². The lowest BCUT2D eigenvalue weighted by Crippen LogP contribution is -2.56. The summed E-state index contributed by atoms with van der Waals surface area (Å²) in [6.07, 6.45) is 2.14. The van der Waals surface area contributed by atoms with E-state index in [0.29, 0.717) is 13.0 Å². The Morgan fingerprint density at radius 1 is 1.41 bits per heavy atom. The number of hydrogen-bond acceptors (Lipinski definition) is 4. The van der Waals surface area contributed by atoms with Crippen LogP contribution in [0.4, 0.5) is 0 Å². The maximum atomic E-state index is 12.2. The quantitative estimate of drug-likeness (QED) is 0.621. The molecule has 17 heavy (non-hydrogen) atoms. The van der Waals surface area contributed by atoms with Crippen LogP contribution in [0.15, 0.2) is 0 Å².